The molecule has 0 aliphatic carbocycles. The summed E-state index contributed by atoms with van der Waals surface area (Å²) in [5.41, 5.74) is 4.22. The minimum atomic E-state index is -1.50. The van der Waals surface area contributed by atoms with Crippen LogP contribution in [-0.4, -0.2) is 90.4 Å². The molecule has 0 fully saturated rings. The third kappa shape index (κ3) is 6.10. The van der Waals surface area contributed by atoms with Crippen LogP contribution in [0, 0.1) is 0 Å². The van der Waals surface area contributed by atoms with E-state index in [0.29, 0.717) is 0 Å². The average molecular weight is 345 g/mol. The molecular weight excluding hydrogens is 304 g/mol. The molecule has 0 atom stereocenters. The zero-order valence-corrected chi connectivity index (χ0v) is 18.8. The van der Waals surface area contributed by atoms with Gasteiger partial charge in [0.05, 0.1) is 0 Å². The van der Waals surface area contributed by atoms with Gasteiger partial charge in [-0.1, -0.05) is 25.2 Å². The minimum absolute atomic E-state index is 1.10. The SMILES string of the molecule is C=C[Si](C)(N(C)C)N(C)C.C=C[Si](C)(N(C)CC)N(C)CC. The summed E-state index contributed by atoms with van der Waals surface area (Å²) in [6, 6.07) is 0. The molecule has 0 N–H and O–H groups in total. The quantitative estimate of drug-likeness (QED) is 0.627. The highest BCUT2D eigenvalue weighted by molar-refractivity contribution is 6.78. The summed E-state index contributed by atoms with van der Waals surface area (Å²) in [7, 11) is 9.83. The first-order chi connectivity index (χ1) is 9.97. The van der Waals surface area contributed by atoms with Crippen LogP contribution in [-0.2, 0) is 0 Å². The second kappa shape index (κ2) is 10.5. The molecule has 6 heteroatoms. The van der Waals surface area contributed by atoms with Gasteiger partial charge in [0.25, 0.3) is 0 Å². The molecule has 0 spiro atoms. The second-order valence-electron chi connectivity index (χ2n) is 6.41. The van der Waals surface area contributed by atoms with Crippen molar-refractivity contribution in [2.45, 2.75) is 26.9 Å². The molecule has 132 valence electrons. The van der Waals surface area contributed by atoms with Crippen LogP contribution in [0.2, 0.25) is 13.1 Å². The van der Waals surface area contributed by atoms with Gasteiger partial charge in [-0.3, -0.25) is 0 Å². The molecule has 0 radical (unpaired) electrons. The van der Waals surface area contributed by atoms with Gasteiger partial charge >= 0.3 is 0 Å². The lowest BCUT2D eigenvalue weighted by Crippen LogP contribution is -2.59. The van der Waals surface area contributed by atoms with Gasteiger partial charge < -0.3 is 18.3 Å². The highest BCUT2D eigenvalue weighted by Crippen LogP contribution is 2.12. The Morgan fingerprint density at radius 3 is 1.05 bits per heavy atom. The molecule has 0 aromatic rings. The maximum atomic E-state index is 3.95. The van der Waals surface area contributed by atoms with Crippen molar-refractivity contribution >= 4 is 16.8 Å². The molecule has 0 saturated carbocycles. The largest absolute Gasteiger partial charge is 0.314 e. The molecule has 0 saturated heterocycles. The maximum absolute atomic E-state index is 3.95. The van der Waals surface area contributed by atoms with Crippen LogP contribution in [0.25, 0.3) is 0 Å². The highest BCUT2D eigenvalue weighted by atomic mass is 28.4. The van der Waals surface area contributed by atoms with E-state index in [1.165, 1.54) is 0 Å². The predicted molar refractivity (Wildman–Crippen MR) is 108 cm³/mol. The maximum Gasteiger partial charge on any atom is 0.228 e. The van der Waals surface area contributed by atoms with E-state index in [1.54, 1.807) is 0 Å². The summed E-state index contributed by atoms with van der Waals surface area (Å²) in [4.78, 5) is 0. The highest BCUT2D eigenvalue weighted by Gasteiger charge is 2.32. The van der Waals surface area contributed by atoms with E-state index in [2.05, 4.69) is 112 Å². The second-order valence-corrected chi connectivity index (χ2v) is 14.9. The van der Waals surface area contributed by atoms with Crippen LogP contribution < -0.4 is 0 Å². The first-order valence-electron chi connectivity index (χ1n) is 8.02. The Hall–Kier alpha value is -0.246. The molecular formula is C16H40N4Si2. The van der Waals surface area contributed by atoms with E-state index < -0.39 is 16.8 Å². The Kier molecular flexibility index (Phi) is 11.5. The number of hydrogen-bond donors (Lipinski definition) is 0. The summed E-state index contributed by atoms with van der Waals surface area (Å²) in [6.45, 7) is 19.0. The van der Waals surface area contributed by atoms with Crippen LogP contribution in [0.5, 0.6) is 0 Å². The fraction of sp³-hybridized carbons (Fsp3) is 0.750. The topological polar surface area (TPSA) is 13.0 Å². The molecule has 0 amide bonds. The van der Waals surface area contributed by atoms with E-state index in [4.69, 9.17) is 0 Å². The van der Waals surface area contributed by atoms with Crippen molar-refractivity contribution in [2.24, 2.45) is 0 Å². The summed E-state index contributed by atoms with van der Waals surface area (Å²) < 4.78 is 9.37. The summed E-state index contributed by atoms with van der Waals surface area (Å²) in [6.07, 6.45) is 0. The fourth-order valence-corrected chi connectivity index (χ4v) is 6.03. The normalized spacial score (nSPS) is 12.6. The van der Waals surface area contributed by atoms with Gasteiger partial charge in [0, 0.05) is 0 Å². The molecule has 0 aliphatic rings. The van der Waals surface area contributed by atoms with Crippen molar-refractivity contribution in [3.63, 3.8) is 0 Å². The van der Waals surface area contributed by atoms with Gasteiger partial charge in [-0.05, 0) is 68.5 Å². The molecule has 0 rings (SSSR count). The van der Waals surface area contributed by atoms with Crippen LogP contribution in [0.1, 0.15) is 13.8 Å². The van der Waals surface area contributed by atoms with Gasteiger partial charge in [0.1, 0.15) is 0 Å². The van der Waals surface area contributed by atoms with Crippen molar-refractivity contribution in [2.75, 3.05) is 55.4 Å². The smallest absolute Gasteiger partial charge is 0.228 e. The standard InChI is InChI=1S/C9H22N2Si.C7H18N2Si/c1-7-10(4)12(6,9-3)11(5)8-2;1-7-10(6,8(2)3)9(4)5/h9H,3,7-8H2,1-2,4-6H3;7H,1H2,2-6H3. The monoisotopic (exact) mass is 344 g/mol. The van der Waals surface area contributed by atoms with Crippen molar-refractivity contribution < 1.29 is 0 Å². The Balaban J connectivity index is 0. The lowest BCUT2D eigenvalue weighted by Gasteiger charge is -2.40. The number of hydrogen-bond acceptors (Lipinski definition) is 4. The van der Waals surface area contributed by atoms with Crippen molar-refractivity contribution in [1.82, 2.24) is 18.3 Å². The average Bonchev–Trinajstić information content (AvgIpc) is 2.51. The molecule has 0 unspecified atom stereocenters. The van der Waals surface area contributed by atoms with Crippen LogP contribution in [0.4, 0.5) is 0 Å². The molecule has 0 aromatic heterocycles. The Labute approximate surface area is 142 Å². The van der Waals surface area contributed by atoms with Gasteiger partial charge in [0.15, 0.2) is 0 Å². The third-order valence-corrected chi connectivity index (χ3v) is 14.0. The Morgan fingerprint density at radius 2 is 0.955 bits per heavy atom. The lowest BCUT2D eigenvalue weighted by molar-refractivity contribution is 0.428. The Morgan fingerprint density at radius 1 is 0.682 bits per heavy atom. The molecule has 0 bridgehead atoms. The van der Waals surface area contributed by atoms with E-state index in [9.17, 15) is 0 Å². The molecule has 0 aromatic carbocycles. The van der Waals surface area contributed by atoms with Crippen LogP contribution >= 0.6 is 0 Å². The number of nitrogens with zero attached hydrogens (tertiary/aromatic N) is 4. The zero-order chi connectivity index (χ0) is 18.1. The van der Waals surface area contributed by atoms with Crippen molar-refractivity contribution in [3.8, 4) is 0 Å². The predicted octanol–water partition coefficient (Wildman–Crippen LogP) is 2.59. The summed E-state index contributed by atoms with van der Waals surface area (Å²) in [5, 5.41) is 0. The first kappa shape index (κ1) is 24.0. The zero-order valence-electron chi connectivity index (χ0n) is 16.8. The van der Waals surface area contributed by atoms with Crippen molar-refractivity contribution in [1.29, 1.82) is 0 Å². The van der Waals surface area contributed by atoms with Crippen molar-refractivity contribution in [3.05, 3.63) is 24.6 Å². The van der Waals surface area contributed by atoms with Gasteiger partial charge in [-0.25, -0.2) is 0 Å². The summed E-state index contributed by atoms with van der Waals surface area (Å²) in [5.74, 6) is 0. The molecule has 0 aliphatic heterocycles. The molecule has 4 nitrogen and oxygen atoms in total. The molecule has 22 heavy (non-hydrogen) atoms. The van der Waals surface area contributed by atoms with E-state index >= 15 is 0 Å². The van der Waals surface area contributed by atoms with Gasteiger partial charge in [-0.15, -0.1) is 13.2 Å². The summed E-state index contributed by atoms with van der Waals surface area (Å²) >= 11 is 0. The lowest BCUT2D eigenvalue weighted by atomic mass is 10.8. The first-order valence-corrected chi connectivity index (χ1v) is 13.0. The van der Waals surface area contributed by atoms with E-state index in [1.807, 2.05) is 0 Å². The third-order valence-electron chi connectivity index (χ3n) is 5.08. The van der Waals surface area contributed by atoms with Gasteiger partial charge in [0.2, 0.25) is 16.8 Å². The molecule has 0 heterocycles. The fourth-order valence-electron chi connectivity index (χ4n) is 2.01. The van der Waals surface area contributed by atoms with Crippen LogP contribution in [0.15, 0.2) is 24.6 Å². The van der Waals surface area contributed by atoms with Gasteiger partial charge in [-0.2, -0.15) is 0 Å². The van der Waals surface area contributed by atoms with E-state index in [-0.39, 0.29) is 0 Å². The number of rotatable bonds is 8. The Bertz CT molecular complexity index is 314. The minimum Gasteiger partial charge on any atom is -0.314 e. The van der Waals surface area contributed by atoms with Crippen LogP contribution in [0.3, 0.4) is 0 Å². The van der Waals surface area contributed by atoms with E-state index in [0.717, 1.165) is 13.1 Å².